The van der Waals surface area contributed by atoms with Crippen molar-refractivity contribution in [1.82, 2.24) is 4.90 Å². The Bertz CT molecular complexity index is 414. The lowest BCUT2D eigenvalue weighted by atomic mass is 10.1. The van der Waals surface area contributed by atoms with Crippen molar-refractivity contribution in [3.8, 4) is 0 Å². The van der Waals surface area contributed by atoms with Crippen LogP contribution in [0.2, 0.25) is 0 Å². The van der Waals surface area contributed by atoms with Gasteiger partial charge in [0.2, 0.25) is 0 Å². The number of nitrogens with one attached hydrogen (secondary N) is 1. The molecule has 0 spiro atoms. The van der Waals surface area contributed by atoms with Gasteiger partial charge in [-0.1, -0.05) is 12.1 Å². The summed E-state index contributed by atoms with van der Waals surface area (Å²) >= 11 is 0. The van der Waals surface area contributed by atoms with Crippen molar-refractivity contribution in [2.75, 3.05) is 32.6 Å². The summed E-state index contributed by atoms with van der Waals surface area (Å²) in [6.07, 6.45) is 2.34. The van der Waals surface area contributed by atoms with Crippen LogP contribution in [0.1, 0.15) is 23.2 Å². The number of ether oxygens (including phenoxy) is 1. The maximum absolute atomic E-state index is 12.3. The maximum atomic E-state index is 12.3. The zero-order valence-electron chi connectivity index (χ0n) is 11.0. The van der Waals surface area contributed by atoms with Crippen molar-refractivity contribution in [2.45, 2.75) is 18.9 Å². The molecule has 0 radical (unpaired) electrons. The summed E-state index contributed by atoms with van der Waals surface area (Å²) in [5.74, 6) is 0.0375. The molecule has 0 saturated carbocycles. The molecule has 1 aliphatic rings. The molecular weight excluding hydrogens is 228 g/mol. The summed E-state index contributed by atoms with van der Waals surface area (Å²) in [4.78, 5) is 14.1. The molecule has 0 aromatic heterocycles. The SMILES string of the molecule is CNc1ccccc1C(=O)N(C)CC1CCCO1. The third kappa shape index (κ3) is 2.82. The van der Waals surface area contributed by atoms with Crippen molar-refractivity contribution in [1.29, 1.82) is 0 Å². The average molecular weight is 248 g/mol. The average Bonchev–Trinajstić information content (AvgIpc) is 2.90. The van der Waals surface area contributed by atoms with Crippen molar-refractivity contribution in [3.05, 3.63) is 29.8 Å². The van der Waals surface area contributed by atoms with E-state index in [1.165, 1.54) is 0 Å². The molecular formula is C14H20N2O2. The van der Waals surface area contributed by atoms with Crippen LogP contribution in [0, 0.1) is 0 Å². The second kappa shape index (κ2) is 5.87. The van der Waals surface area contributed by atoms with Crippen LogP contribution in [0.25, 0.3) is 0 Å². The standard InChI is InChI=1S/C14H20N2O2/c1-15-13-8-4-3-7-12(13)14(17)16(2)10-11-6-5-9-18-11/h3-4,7-8,11,15H,5-6,9-10H2,1-2H3. The van der Waals surface area contributed by atoms with E-state index in [0.717, 1.165) is 25.1 Å². The number of anilines is 1. The van der Waals surface area contributed by atoms with Gasteiger partial charge >= 0.3 is 0 Å². The highest BCUT2D eigenvalue weighted by Crippen LogP contribution is 2.18. The summed E-state index contributed by atoms with van der Waals surface area (Å²) in [5, 5.41) is 3.05. The van der Waals surface area contributed by atoms with E-state index < -0.39 is 0 Å². The van der Waals surface area contributed by atoms with Crippen molar-refractivity contribution in [2.24, 2.45) is 0 Å². The highest BCUT2D eigenvalue weighted by atomic mass is 16.5. The van der Waals surface area contributed by atoms with Gasteiger partial charge in [-0.3, -0.25) is 4.79 Å². The number of hydrogen-bond donors (Lipinski definition) is 1. The van der Waals surface area contributed by atoms with Gasteiger partial charge in [0.25, 0.3) is 5.91 Å². The summed E-state index contributed by atoms with van der Waals surface area (Å²) < 4.78 is 5.56. The Kier molecular flexibility index (Phi) is 4.20. The van der Waals surface area contributed by atoms with Crippen molar-refractivity contribution < 1.29 is 9.53 Å². The maximum Gasteiger partial charge on any atom is 0.255 e. The number of para-hydroxylation sites is 1. The van der Waals surface area contributed by atoms with Gasteiger partial charge in [-0.15, -0.1) is 0 Å². The molecule has 1 aromatic carbocycles. The number of benzene rings is 1. The van der Waals surface area contributed by atoms with E-state index in [1.807, 2.05) is 38.4 Å². The van der Waals surface area contributed by atoms with Crippen LogP contribution in [-0.4, -0.2) is 44.2 Å². The molecule has 1 amide bonds. The monoisotopic (exact) mass is 248 g/mol. The van der Waals surface area contributed by atoms with E-state index in [4.69, 9.17) is 4.74 Å². The highest BCUT2D eigenvalue weighted by molar-refractivity contribution is 5.99. The Labute approximate surface area is 108 Å². The van der Waals surface area contributed by atoms with E-state index in [1.54, 1.807) is 4.90 Å². The fourth-order valence-corrected chi connectivity index (χ4v) is 2.27. The fourth-order valence-electron chi connectivity index (χ4n) is 2.27. The minimum atomic E-state index is 0.0375. The van der Waals surface area contributed by atoms with Gasteiger partial charge < -0.3 is 15.0 Å². The Hall–Kier alpha value is -1.55. The van der Waals surface area contributed by atoms with Gasteiger partial charge in [0.15, 0.2) is 0 Å². The van der Waals surface area contributed by atoms with Crippen molar-refractivity contribution in [3.63, 3.8) is 0 Å². The van der Waals surface area contributed by atoms with Crippen LogP contribution in [0.4, 0.5) is 5.69 Å². The molecule has 0 aliphatic carbocycles. The molecule has 1 N–H and O–H groups in total. The van der Waals surface area contributed by atoms with Gasteiger partial charge in [0.05, 0.1) is 11.7 Å². The van der Waals surface area contributed by atoms with Gasteiger partial charge in [-0.2, -0.15) is 0 Å². The lowest BCUT2D eigenvalue weighted by Crippen LogP contribution is -2.34. The smallest absolute Gasteiger partial charge is 0.255 e. The molecule has 1 aliphatic heterocycles. The number of carbonyl (C=O) groups is 1. The third-order valence-corrected chi connectivity index (χ3v) is 3.27. The molecule has 1 heterocycles. The van der Waals surface area contributed by atoms with Gasteiger partial charge in [-0.05, 0) is 25.0 Å². The van der Waals surface area contributed by atoms with E-state index in [2.05, 4.69) is 5.32 Å². The molecule has 1 fully saturated rings. The predicted molar refractivity (Wildman–Crippen MR) is 71.9 cm³/mol. The van der Waals surface area contributed by atoms with E-state index in [-0.39, 0.29) is 12.0 Å². The second-order valence-electron chi connectivity index (χ2n) is 4.62. The number of hydrogen-bond acceptors (Lipinski definition) is 3. The first-order chi connectivity index (χ1) is 8.72. The van der Waals surface area contributed by atoms with Crippen LogP contribution in [0.5, 0.6) is 0 Å². The van der Waals surface area contributed by atoms with Crippen LogP contribution >= 0.6 is 0 Å². The molecule has 98 valence electrons. The van der Waals surface area contributed by atoms with Gasteiger partial charge in [0.1, 0.15) is 0 Å². The minimum Gasteiger partial charge on any atom is -0.387 e. The van der Waals surface area contributed by atoms with E-state index in [9.17, 15) is 4.79 Å². The van der Waals surface area contributed by atoms with Crippen molar-refractivity contribution >= 4 is 11.6 Å². The zero-order chi connectivity index (χ0) is 13.0. The predicted octanol–water partition coefficient (Wildman–Crippen LogP) is 1.98. The number of rotatable bonds is 4. The Morgan fingerprint density at radius 2 is 2.28 bits per heavy atom. The fraction of sp³-hybridized carbons (Fsp3) is 0.500. The molecule has 1 unspecified atom stereocenters. The third-order valence-electron chi connectivity index (χ3n) is 3.27. The summed E-state index contributed by atoms with van der Waals surface area (Å²) in [7, 11) is 3.66. The molecule has 1 atom stereocenters. The van der Waals surface area contributed by atoms with Crippen LogP contribution < -0.4 is 5.32 Å². The Morgan fingerprint density at radius 1 is 1.50 bits per heavy atom. The van der Waals surface area contributed by atoms with Gasteiger partial charge in [0, 0.05) is 32.9 Å². The lowest BCUT2D eigenvalue weighted by molar-refractivity contribution is 0.0588. The van der Waals surface area contributed by atoms with E-state index >= 15 is 0 Å². The topological polar surface area (TPSA) is 41.6 Å². The molecule has 1 saturated heterocycles. The second-order valence-corrected chi connectivity index (χ2v) is 4.62. The summed E-state index contributed by atoms with van der Waals surface area (Å²) in [6.45, 7) is 1.48. The molecule has 18 heavy (non-hydrogen) atoms. The van der Waals surface area contributed by atoms with E-state index in [0.29, 0.717) is 12.1 Å². The number of amides is 1. The molecule has 4 heteroatoms. The zero-order valence-corrected chi connectivity index (χ0v) is 11.0. The number of carbonyl (C=O) groups excluding carboxylic acids is 1. The Balaban J connectivity index is 2.05. The van der Waals surface area contributed by atoms with Crippen LogP contribution in [0.15, 0.2) is 24.3 Å². The Morgan fingerprint density at radius 3 is 2.94 bits per heavy atom. The summed E-state index contributed by atoms with van der Waals surface area (Å²) in [5.41, 5.74) is 1.57. The molecule has 2 rings (SSSR count). The normalized spacial score (nSPS) is 18.7. The first-order valence-corrected chi connectivity index (χ1v) is 6.36. The minimum absolute atomic E-state index is 0.0375. The van der Waals surface area contributed by atoms with Crippen LogP contribution in [-0.2, 0) is 4.74 Å². The number of likely N-dealkylation sites (N-methyl/N-ethyl adjacent to an activating group) is 1. The number of nitrogens with zero attached hydrogens (tertiary/aromatic N) is 1. The molecule has 4 nitrogen and oxygen atoms in total. The highest BCUT2D eigenvalue weighted by Gasteiger charge is 2.21. The lowest BCUT2D eigenvalue weighted by Gasteiger charge is -2.22. The quantitative estimate of drug-likeness (QED) is 0.886. The molecule has 1 aromatic rings. The van der Waals surface area contributed by atoms with Crippen LogP contribution in [0.3, 0.4) is 0 Å². The summed E-state index contributed by atoms with van der Waals surface area (Å²) in [6, 6.07) is 7.56. The first-order valence-electron chi connectivity index (χ1n) is 6.36. The molecule has 0 bridgehead atoms. The largest absolute Gasteiger partial charge is 0.387 e. The van der Waals surface area contributed by atoms with Gasteiger partial charge in [-0.25, -0.2) is 0 Å². The first kappa shape index (κ1) is 12.9.